The number of furan rings is 1. The fourth-order valence-corrected chi connectivity index (χ4v) is 2.38. The van der Waals surface area contributed by atoms with Crippen LogP contribution in [0.5, 0.6) is 0 Å². The summed E-state index contributed by atoms with van der Waals surface area (Å²) >= 11 is 0. The maximum Gasteiger partial charge on any atom is 0.0950 e. The predicted molar refractivity (Wildman–Crippen MR) is 73.0 cm³/mol. The quantitative estimate of drug-likeness (QED) is 0.682. The predicted octanol–water partition coefficient (Wildman–Crippen LogP) is 4.54. The lowest BCUT2D eigenvalue weighted by Gasteiger charge is -2.26. The van der Waals surface area contributed by atoms with Crippen LogP contribution in [-0.2, 0) is 0 Å². The summed E-state index contributed by atoms with van der Waals surface area (Å²) < 4.78 is 5.23. The molecule has 0 aliphatic carbocycles. The Morgan fingerprint density at radius 2 is 2.06 bits per heavy atom. The molecule has 17 heavy (non-hydrogen) atoms. The van der Waals surface area contributed by atoms with Crippen LogP contribution in [0.4, 0.5) is 0 Å². The first-order valence-corrected chi connectivity index (χ1v) is 7.08. The first kappa shape index (κ1) is 14.3. The van der Waals surface area contributed by atoms with E-state index in [1.165, 1.54) is 37.7 Å². The van der Waals surface area contributed by atoms with Crippen molar-refractivity contribution >= 4 is 0 Å². The second-order valence-corrected chi connectivity index (χ2v) is 4.80. The smallest absolute Gasteiger partial charge is 0.0950 e. The molecule has 0 bridgehead atoms. The van der Waals surface area contributed by atoms with Crippen LogP contribution in [0.3, 0.4) is 0 Å². The van der Waals surface area contributed by atoms with E-state index in [4.69, 9.17) is 4.42 Å². The second-order valence-electron chi connectivity index (χ2n) is 4.80. The molecular weight excluding hydrogens is 210 g/mol. The normalized spacial score (nSPS) is 14.8. The molecule has 98 valence electrons. The molecule has 2 heteroatoms. The van der Waals surface area contributed by atoms with Gasteiger partial charge in [0, 0.05) is 11.6 Å². The monoisotopic (exact) mass is 237 g/mol. The molecular formula is C15H27NO. The highest BCUT2D eigenvalue weighted by molar-refractivity contribution is 5.12. The summed E-state index contributed by atoms with van der Waals surface area (Å²) in [5.74, 6) is 0.721. The molecule has 0 aliphatic rings. The van der Waals surface area contributed by atoms with E-state index in [9.17, 15) is 0 Å². The van der Waals surface area contributed by atoms with E-state index in [-0.39, 0.29) is 0 Å². The molecule has 0 saturated heterocycles. The van der Waals surface area contributed by atoms with E-state index >= 15 is 0 Å². The summed E-state index contributed by atoms with van der Waals surface area (Å²) in [5.41, 5.74) is 1.31. The lowest BCUT2D eigenvalue weighted by Crippen LogP contribution is -2.28. The van der Waals surface area contributed by atoms with Gasteiger partial charge >= 0.3 is 0 Å². The molecule has 0 aromatic carbocycles. The van der Waals surface area contributed by atoms with Crippen molar-refractivity contribution in [1.29, 1.82) is 0 Å². The van der Waals surface area contributed by atoms with Gasteiger partial charge < -0.3 is 9.73 Å². The lowest BCUT2D eigenvalue weighted by molar-refractivity contribution is 0.322. The van der Waals surface area contributed by atoms with Crippen molar-refractivity contribution in [2.24, 2.45) is 5.92 Å². The zero-order valence-electron chi connectivity index (χ0n) is 11.5. The number of nitrogens with one attached hydrogen (secondary N) is 1. The number of unbranched alkanes of at least 4 members (excludes halogenated alkanes) is 1. The maximum atomic E-state index is 5.23. The van der Waals surface area contributed by atoms with Crippen LogP contribution >= 0.6 is 0 Å². The third-order valence-corrected chi connectivity index (χ3v) is 3.44. The van der Waals surface area contributed by atoms with Gasteiger partial charge in [0.15, 0.2) is 0 Å². The average molecular weight is 237 g/mol. The molecule has 0 radical (unpaired) electrons. The first-order valence-electron chi connectivity index (χ1n) is 7.08. The SMILES string of the molecule is CCCCC(CC)C(NCCC)c1ccoc1. The molecule has 2 atom stereocenters. The van der Waals surface area contributed by atoms with E-state index in [1.54, 1.807) is 6.26 Å². The Morgan fingerprint density at radius 1 is 1.24 bits per heavy atom. The van der Waals surface area contributed by atoms with Crippen LogP contribution in [0.2, 0.25) is 0 Å². The van der Waals surface area contributed by atoms with Crippen molar-refractivity contribution < 1.29 is 4.42 Å². The van der Waals surface area contributed by atoms with Gasteiger partial charge in [0.2, 0.25) is 0 Å². The zero-order chi connectivity index (χ0) is 12.5. The Bertz CT molecular complexity index is 268. The van der Waals surface area contributed by atoms with Crippen LogP contribution in [0.1, 0.15) is 64.5 Å². The molecule has 1 aromatic rings. The van der Waals surface area contributed by atoms with Crippen LogP contribution in [0.25, 0.3) is 0 Å². The molecule has 1 rings (SSSR count). The maximum absolute atomic E-state index is 5.23. The summed E-state index contributed by atoms with van der Waals surface area (Å²) in [6.45, 7) is 7.85. The van der Waals surface area contributed by atoms with Crippen molar-refractivity contribution in [2.45, 2.75) is 58.9 Å². The van der Waals surface area contributed by atoms with Crippen LogP contribution in [0, 0.1) is 5.92 Å². The third kappa shape index (κ3) is 4.55. The Hall–Kier alpha value is -0.760. The number of hydrogen-bond acceptors (Lipinski definition) is 2. The van der Waals surface area contributed by atoms with Crippen molar-refractivity contribution in [3.8, 4) is 0 Å². The Kier molecular flexibility index (Phi) is 7.02. The van der Waals surface area contributed by atoms with E-state index in [0.717, 1.165) is 12.5 Å². The highest BCUT2D eigenvalue weighted by Gasteiger charge is 2.21. The minimum Gasteiger partial charge on any atom is -0.472 e. The van der Waals surface area contributed by atoms with Gasteiger partial charge in [0.05, 0.1) is 12.5 Å². The third-order valence-electron chi connectivity index (χ3n) is 3.44. The van der Waals surface area contributed by atoms with Gasteiger partial charge in [-0.2, -0.15) is 0 Å². The van der Waals surface area contributed by atoms with Crippen molar-refractivity contribution in [3.05, 3.63) is 24.2 Å². The molecule has 0 amide bonds. The molecule has 1 heterocycles. The average Bonchev–Trinajstić information content (AvgIpc) is 2.87. The van der Waals surface area contributed by atoms with Gasteiger partial charge in [-0.3, -0.25) is 0 Å². The topological polar surface area (TPSA) is 25.2 Å². The minimum absolute atomic E-state index is 0.463. The zero-order valence-corrected chi connectivity index (χ0v) is 11.5. The minimum atomic E-state index is 0.463. The van der Waals surface area contributed by atoms with Gasteiger partial charge in [-0.05, 0) is 31.4 Å². The summed E-state index contributed by atoms with van der Waals surface area (Å²) in [4.78, 5) is 0. The molecule has 1 N–H and O–H groups in total. The molecule has 1 aromatic heterocycles. The highest BCUT2D eigenvalue weighted by atomic mass is 16.3. The largest absolute Gasteiger partial charge is 0.472 e. The van der Waals surface area contributed by atoms with Gasteiger partial charge in [0.25, 0.3) is 0 Å². The van der Waals surface area contributed by atoms with Crippen LogP contribution < -0.4 is 5.32 Å². The second kappa shape index (κ2) is 8.35. The van der Waals surface area contributed by atoms with Gasteiger partial charge in [-0.15, -0.1) is 0 Å². The molecule has 0 saturated carbocycles. The van der Waals surface area contributed by atoms with Crippen molar-refractivity contribution in [3.63, 3.8) is 0 Å². The Balaban J connectivity index is 2.65. The van der Waals surface area contributed by atoms with E-state index in [2.05, 4.69) is 32.2 Å². The van der Waals surface area contributed by atoms with Crippen LogP contribution in [0.15, 0.2) is 23.0 Å². The molecule has 0 fully saturated rings. The van der Waals surface area contributed by atoms with Gasteiger partial charge in [-0.1, -0.05) is 40.0 Å². The molecule has 2 nitrogen and oxygen atoms in total. The highest BCUT2D eigenvalue weighted by Crippen LogP contribution is 2.29. The summed E-state index contributed by atoms with van der Waals surface area (Å²) in [7, 11) is 0. The molecule has 0 aliphatic heterocycles. The number of rotatable bonds is 9. The fourth-order valence-electron chi connectivity index (χ4n) is 2.38. The number of hydrogen-bond donors (Lipinski definition) is 1. The van der Waals surface area contributed by atoms with Gasteiger partial charge in [0.1, 0.15) is 0 Å². The van der Waals surface area contributed by atoms with Gasteiger partial charge in [-0.25, -0.2) is 0 Å². The van der Waals surface area contributed by atoms with E-state index in [0.29, 0.717) is 6.04 Å². The summed E-state index contributed by atoms with van der Waals surface area (Å²) in [6.07, 6.45) is 9.98. The Labute approximate surface area is 106 Å². The summed E-state index contributed by atoms with van der Waals surface area (Å²) in [6, 6.07) is 2.56. The standard InChI is InChI=1S/C15H27NO/c1-4-7-8-13(6-3)15(16-10-5-2)14-9-11-17-12-14/h9,11-13,15-16H,4-8,10H2,1-3H3. The fraction of sp³-hybridized carbons (Fsp3) is 0.733. The molecule has 2 unspecified atom stereocenters. The summed E-state index contributed by atoms with van der Waals surface area (Å²) in [5, 5.41) is 3.67. The van der Waals surface area contributed by atoms with E-state index < -0.39 is 0 Å². The van der Waals surface area contributed by atoms with Crippen molar-refractivity contribution in [2.75, 3.05) is 6.54 Å². The molecule has 0 spiro atoms. The van der Waals surface area contributed by atoms with Crippen LogP contribution in [-0.4, -0.2) is 6.54 Å². The lowest BCUT2D eigenvalue weighted by atomic mass is 9.88. The Morgan fingerprint density at radius 3 is 2.59 bits per heavy atom. The first-order chi connectivity index (χ1) is 8.33. The van der Waals surface area contributed by atoms with E-state index in [1.807, 2.05) is 6.26 Å². The van der Waals surface area contributed by atoms with Crippen molar-refractivity contribution in [1.82, 2.24) is 5.32 Å².